The summed E-state index contributed by atoms with van der Waals surface area (Å²) in [7, 11) is 0. The fourth-order valence-corrected chi connectivity index (χ4v) is 4.36. The fraction of sp³-hybridized carbons (Fsp3) is 0.667. The molecule has 3 aliphatic heterocycles. The predicted octanol–water partition coefficient (Wildman–Crippen LogP) is 0.791. The van der Waals surface area contributed by atoms with Gasteiger partial charge in [-0.15, -0.1) is 0 Å². The van der Waals surface area contributed by atoms with Crippen molar-refractivity contribution >= 4 is 0 Å². The standard InChI is InChI=1S/C15H20N2O2/c18-12-4-5-16-8-10-6-11(14(16)7-12)9-17-13(10)2-1-3-15(17)19/h1-3,10-12,14,18H,4-9H2/t10-,11-,12-,14+/m0/s1. The van der Waals surface area contributed by atoms with Crippen molar-refractivity contribution in [1.29, 1.82) is 0 Å². The van der Waals surface area contributed by atoms with E-state index in [0.29, 0.717) is 17.9 Å². The van der Waals surface area contributed by atoms with Gasteiger partial charge in [-0.2, -0.15) is 0 Å². The first kappa shape index (κ1) is 11.7. The molecule has 1 aromatic rings. The molecule has 4 heterocycles. The number of aromatic nitrogens is 1. The lowest BCUT2D eigenvalue weighted by molar-refractivity contribution is -0.0247. The largest absolute Gasteiger partial charge is 0.393 e. The molecule has 1 N–H and O–H groups in total. The Morgan fingerprint density at radius 3 is 3.00 bits per heavy atom. The number of aliphatic hydroxyl groups excluding tert-OH is 1. The summed E-state index contributed by atoms with van der Waals surface area (Å²) in [5.41, 5.74) is 1.35. The van der Waals surface area contributed by atoms with Crippen LogP contribution in [0.1, 0.15) is 30.9 Å². The molecule has 4 atom stereocenters. The number of rotatable bonds is 0. The van der Waals surface area contributed by atoms with Crippen molar-refractivity contribution in [2.75, 3.05) is 13.1 Å². The number of hydrogen-bond donors (Lipinski definition) is 1. The van der Waals surface area contributed by atoms with Crippen LogP contribution in [0.3, 0.4) is 0 Å². The molecule has 19 heavy (non-hydrogen) atoms. The van der Waals surface area contributed by atoms with Crippen molar-refractivity contribution in [3.05, 3.63) is 34.2 Å². The minimum atomic E-state index is -0.147. The monoisotopic (exact) mass is 260 g/mol. The van der Waals surface area contributed by atoms with Crippen molar-refractivity contribution < 1.29 is 5.11 Å². The second kappa shape index (κ2) is 4.18. The Labute approximate surface area is 112 Å². The van der Waals surface area contributed by atoms with Crippen molar-refractivity contribution in [1.82, 2.24) is 9.47 Å². The molecule has 4 heteroatoms. The van der Waals surface area contributed by atoms with Crippen molar-refractivity contribution in [2.45, 2.75) is 43.9 Å². The van der Waals surface area contributed by atoms with Crippen LogP contribution in [0.25, 0.3) is 0 Å². The van der Waals surface area contributed by atoms with Crippen LogP contribution in [0.5, 0.6) is 0 Å². The van der Waals surface area contributed by atoms with Gasteiger partial charge in [0.15, 0.2) is 0 Å². The summed E-state index contributed by atoms with van der Waals surface area (Å²) < 4.78 is 1.97. The van der Waals surface area contributed by atoms with E-state index >= 15 is 0 Å². The Balaban J connectivity index is 1.73. The van der Waals surface area contributed by atoms with Crippen LogP contribution in [-0.2, 0) is 6.54 Å². The summed E-state index contributed by atoms with van der Waals surface area (Å²) in [4.78, 5) is 14.6. The van der Waals surface area contributed by atoms with Gasteiger partial charge in [0.1, 0.15) is 0 Å². The first-order valence-electron chi connectivity index (χ1n) is 7.34. The lowest BCUT2D eigenvalue weighted by atomic mass is 9.75. The van der Waals surface area contributed by atoms with Crippen LogP contribution < -0.4 is 5.56 Å². The number of piperidine rings is 2. The molecular formula is C15H20N2O2. The molecule has 0 radical (unpaired) electrons. The Morgan fingerprint density at radius 2 is 2.11 bits per heavy atom. The predicted molar refractivity (Wildman–Crippen MR) is 72.2 cm³/mol. The summed E-state index contributed by atoms with van der Waals surface area (Å²) >= 11 is 0. The molecule has 2 fully saturated rings. The Hall–Kier alpha value is -1.13. The summed E-state index contributed by atoms with van der Waals surface area (Å²) in [6.45, 7) is 2.90. The highest BCUT2D eigenvalue weighted by Gasteiger charge is 2.43. The van der Waals surface area contributed by atoms with E-state index < -0.39 is 0 Å². The summed E-state index contributed by atoms with van der Waals surface area (Å²) in [6.07, 6.45) is 2.81. The minimum Gasteiger partial charge on any atom is -0.393 e. The van der Waals surface area contributed by atoms with Gasteiger partial charge in [-0.05, 0) is 31.2 Å². The van der Waals surface area contributed by atoms with Gasteiger partial charge in [-0.3, -0.25) is 9.69 Å². The van der Waals surface area contributed by atoms with E-state index in [2.05, 4.69) is 11.0 Å². The molecule has 3 aliphatic rings. The molecule has 0 amide bonds. The number of hydrogen-bond acceptors (Lipinski definition) is 3. The topological polar surface area (TPSA) is 45.5 Å². The second-order valence-electron chi connectivity index (χ2n) is 6.33. The second-order valence-corrected chi connectivity index (χ2v) is 6.33. The normalized spacial score (nSPS) is 37.5. The molecular weight excluding hydrogens is 240 g/mol. The van der Waals surface area contributed by atoms with E-state index in [1.54, 1.807) is 6.07 Å². The average molecular weight is 260 g/mol. The maximum absolute atomic E-state index is 12.0. The number of aliphatic hydroxyl groups is 1. The van der Waals surface area contributed by atoms with Gasteiger partial charge in [0, 0.05) is 43.4 Å². The third-order valence-corrected chi connectivity index (χ3v) is 5.24. The summed E-state index contributed by atoms with van der Waals surface area (Å²) in [5.74, 6) is 1.03. The first-order valence-corrected chi connectivity index (χ1v) is 7.34. The molecule has 0 unspecified atom stereocenters. The highest BCUT2D eigenvalue weighted by molar-refractivity contribution is 5.18. The molecule has 2 bridgehead atoms. The van der Waals surface area contributed by atoms with Gasteiger partial charge in [0.05, 0.1) is 6.10 Å². The van der Waals surface area contributed by atoms with Crippen LogP contribution in [0.15, 0.2) is 23.0 Å². The van der Waals surface area contributed by atoms with Crippen LogP contribution in [0.2, 0.25) is 0 Å². The average Bonchev–Trinajstić information content (AvgIpc) is 2.41. The maximum atomic E-state index is 12.0. The van der Waals surface area contributed by atoms with E-state index in [4.69, 9.17) is 0 Å². The minimum absolute atomic E-state index is 0.136. The molecule has 0 aliphatic carbocycles. The molecule has 2 saturated heterocycles. The Morgan fingerprint density at radius 1 is 1.21 bits per heavy atom. The van der Waals surface area contributed by atoms with Crippen LogP contribution in [0.4, 0.5) is 0 Å². The SMILES string of the molecule is O=c1cccc2n1C[C@@H]1C[C@H]2CN2CC[C@H](O)C[C@H]12. The van der Waals surface area contributed by atoms with Crippen LogP contribution in [-0.4, -0.2) is 39.8 Å². The molecule has 0 spiro atoms. The highest BCUT2D eigenvalue weighted by atomic mass is 16.3. The van der Waals surface area contributed by atoms with Crippen molar-refractivity contribution in [2.24, 2.45) is 5.92 Å². The molecule has 4 rings (SSSR count). The van der Waals surface area contributed by atoms with E-state index in [1.165, 1.54) is 12.1 Å². The fourth-order valence-electron chi connectivity index (χ4n) is 4.36. The van der Waals surface area contributed by atoms with E-state index in [-0.39, 0.29) is 11.7 Å². The third kappa shape index (κ3) is 1.77. The molecule has 0 saturated carbocycles. The first-order chi connectivity index (χ1) is 9.22. The van der Waals surface area contributed by atoms with Gasteiger partial charge in [0.2, 0.25) is 0 Å². The zero-order valence-electron chi connectivity index (χ0n) is 11.0. The third-order valence-electron chi connectivity index (χ3n) is 5.24. The van der Waals surface area contributed by atoms with Gasteiger partial charge in [-0.1, -0.05) is 6.07 Å². The number of pyridine rings is 1. The maximum Gasteiger partial charge on any atom is 0.250 e. The van der Waals surface area contributed by atoms with Crippen molar-refractivity contribution in [3.63, 3.8) is 0 Å². The van der Waals surface area contributed by atoms with Crippen molar-refractivity contribution in [3.8, 4) is 0 Å². The molecule has 102 valence electrons. The van der Waals surface area contributed by atoms with Crippen LogP contribution in [0, 0.1) is 5.92 Å². The van der Waals surface area contributed by atoms with Gasteiger partial charge < -0.3 is 9.67 Å². The highest BCUT2D eigenvalue weighted by Crippen LogP contribution is 2.41. The summed E-state index contributed by atoms with van der Waals surface area (Å²) in [5, 5.41) is 9.90. The van der Waals surface area contributed by atoms with E-state index in [9.17, 15) is 9.90 Å². The van der Waals surface area contributed by atoms with E-state index in [0.717, 1.165) is 32.5 Å². The number of nitrogens with zero attached hydrogens (tertiary/aromatic N) is 2. The molecule has 1 aromatic heterocycles. The smallest absolute Gasteiger partial charge is 0.250 e. The zero-order valence-corrected chi connectivity index (χ0v) is 11.0. The quantitative estimate of drug-likeness (QED) is 0.750. The molecule has 4 nitrogen and oxygen atoms in total. The lowest BCUT2D eigenvalue weighted by Crippen LogP contribution is -2.56. The molecule has 0 aromatic carbocycles. The Bertz CT molecular complexity index is 553. The van der Waals surface area contributed by atoms with Gasteiger partial charge >= 0.3 is 0 Å². The zero-order chi connectivity index (χ0) is 13.0. The lowest BCUT2D eigenvalue weighted by Gasteiger charge is -2.51. The van der Waals surface area contributed by atoms with Crippen LogP contribution >= 0.6 is 0 Å². The summed E-state index contributed by atoms with van der Waals surface area (Å²) in [6, 6.07) is 6.14. The number of fused-ring (bicyclic) bond motifs is 6. The van der Waals surface area contributed by atoms with Gasteiger partial charge in [0.25, 0.3) is 5.56 Å². The van der Waals surface area contributed by atoms with E-state index in [1.807, 2.05) is 10.6 Å². The Kier molecular flexibility index (Phi) is 2.57. The van der Waals surface area contributed by atoms with Gasteiger partial charge in [-0.25, -0.2) is 0 Å².